The van der Waals surface area contributed by atoms with E-state index in [0.717, 1.165) is 50.1 Å². The molecule has 1 saturated carbocycles. The maximum absolute atomic E-state index is 12.3. The van der Waals surface area contributed by atoms with Gasteiger partial charge in [0.05, 0.1) is 5.41 Å². The summed E-state index contributed by atoms with van der Waals surface area (Å²) in [5, 5.41) is 3.03. The number of unbranched alkanes of at least 4 members (excludes halogenated alkanes) is 1. The fourth-order valence-electron chi connectivity index (χ4n) is 2.32. The Morgan fingerprint density at radius 1 is 1.32 bits per heavy atom. The van der Waals surface area contributed by atoms with Crippen molar-refractivity contribution in [2.45, 2.75) is 31.1 Å². The van der Waals surface area contributed by atoms with Gasteiger partial charge in [-0.3, -0.25) is 4.79 Å². The molecule has 1 amide bonds. The summed E-state index contributed by atoms with van der Waals surface area (Å²) in [6.07, 6.45) is 3.80. The summed E-state index contributed by atoms with van der Waals surface area (Å²) in [5.74, 6) is 0.148. The number of amides is 1. The predicted molar refractivity (Wildman–Crippen MR) is 75.9 cm³/mol. The van der Waals surface area contributed by atoms with Crippen LogP contribution in [0.1, 0.15) is 31.2 Å². The number of nitrogen functional groups attached to an aromatic ring is 1. The lowest BCUT2D eigenvalue weighted by Gasteiger charge is -2.16. The summed E-state index contributed by atoms with van der Waals surface area (Å²) in [4.78, 5) is 12.3. The maximum Gasteiger partial charge on any atom is 0.230 e. The van der Waals surface area contributed by atoms with Crippen LogP contribution in [0.3, 0.4) is 0 Å². The van der Waals surface area contributed by atoms with E-state index in [1.807, 2.05) is 24.3 Å². The molecule has 1 aromatic rings. The van der Waals surface area contributed by atoms with E-state index in [1.54, 1.807) is 7.11 Å². The average molecular weight is 262 g/mol. The molecule has 104 valence electrons. The summed E-state index contributed by atoms with van der Waals surface area (Å²) < 4.78 is 4.98. The van der Waals surface area contributed by atoms with Crippen LogP contribution < -0.4 is 11.1 Å². The van der Waals surface area contributed by atoms with Gasteiger partial charge in [0.2, 0.25) is 5.91 Å². The highest BCUT2D eigenvalue weighted by Gasteiger charge is 2.50. The summed E-state index contributed by atoms with van der Waals surface area (Å²) in [6.45, 7) is 1.47. The molecule has 0 atom stereocenters. The second-order valence-electron chi connectivity index (χ2n) is 5.16. The number of nitrogens with one attached hydrogen (secondary N) is 1. The molecule has 0 radical (unpaired) electrons. The molecule has 0 bridgehead atoms. The molecule has 2 rings (SSSR count). The van der Waals surface area contributed by atoms with Crippen molar-refractivity contribution in [1.29, 1.82) is 0 Å². The molecular weight excluding hydrogens is 240 g/mol. The number of carbonyl (C=O) groups is 1. The highest BCUT2D eigenvalue weighted by atomic mass is 16.5. The van der Waals surface area contributed by atoms with E-state index in [2.05, 4.69) is 5.32 Å². The molecule has 1 fully saturated rings. The number of hydrogen-bond donors (Lipinski definition) is 2. The lowest BCUT2D eigenvalue weighted by molar-refractivity contribution is -0.123. The van der Waals surface area contributed by atoms with E-state index in [9.17, 15) is 4.79 Å². The Balaban J connectivity index is 1.86. The molecule has 0 unspecified atom stereocenters. The second-order valence-corrected chi connectivity index (χ2v) is 5.16. The van der Waals surface area contributed by atoms with E-state index in [-0.39, 0.29) is 11.3 Å². The van der Waals surface area contributed by atoms with Gasteiger partial charge in [-0.2, -0.15) is 0 Å². The Morgan fingerprint density at radius 2 is 2.00 bits per heavy atom. The average Bonchev–Trinajstić information content (AvgIpc) is 3.21. The molecule has 4 heteroatoms. The Hall–Kier alpha value is -1.55. The van der Waals surface area contributed by atoms with Gasteiger partial charge in [0, 0.05) is 25.9 Å². The molecule has 1 aromatic carbocycles. The van der Waals surface area contributed by atoms with Crippen molar-refractivity contribution in [2.75, 3.05) is 26.0 Å². The monoisotopic (exact) mass is 262 g/mol. The van der Waals surface area contributed by atoms with E-state index < -0.39 is 0 Å². The summed E-state index contributed by atoms with van der Waals surface area (Å²) in [6, 6.07) is 7.65. The Bertz CT molecular complexity index is 424. The first kappa shape index (κ1) is 13.9. The first-order valence-electron chi connectivity index (χ1n) is 6.82. The highest BCUT2D eigenvalue weighted by molar-refractivity contribution is 5.91. The number of carbonyl (C=O) groups excluding carboxylic acids is 1. The summed E-state index contributed by atoms with van der Waals surface area (Å²) in [5.41, 5.74) is 7.20. The Labute approximate surface area is 114 Å². The smallest absolute Gasteiger partial charge is 0.230 e. The molecule has 0 aliphatic heterocycles. The van der Waals surface area contributed by atoms with Gasteiger partial charge in [-0.1, -0.05) is 12.1 Å². The minimum absolute atomic E-state index is 0.148. The molecule has 19 heavy (non-hydrogen) atoms. The van der Waals surface area contributed by atoms with Crippen molar-refractivity contribution in [3.8, 4) is 0 Å². The van der Waals surface area contributed by atoms with Crippen LogP contribution >= 0.6 is 0 Å². The highest BCUT2D eigenvalue weighted by Crippen LogP contribution is 2.48. The zero-order valence-corrected chi connectivity index (χ0v) is 11.4. The first-order valence-corrected chi connectivity index (χ1v) is 6.82. The Kier molecular flexibility index (Phi) is 4.43. The molecule has 0 saturated heterocycles. The minimum Gasteiger partial charge on any atom is -0.399 e. The van der Waals surface area contributed by atoms with Gasteiger partial charge in [0.25, 0.3) is 0 Å². The van der Waals surface area contributed by atoms with Gasteiger partial charge in [-0.15, -0.1) is 0 Å². The van der Waals surface area contributed by atoms with Crippen LogP contribution in [-0.4, -0.2) is 26.2 Å². The summed E-state index contributed by atoms with van der Waals surface area (Å²) in [7, 11) is 1.69. The number of anilines is 1. The Morgan fingerprint density at radius 3 is 2.58 bits per heavy atom. The normalized spacial score (nSPS) is 16.1. The van der Waals surface area contributed by atoms with E-state index in [4.69, 9.17) is 10.5 Å². The predicted octanol–water partition coefficient (Wildman–Crippen LogP) is 1.84. The molecule has 1 aliphatic carbocycles. The van der Waals surface area contributed by atoms with Crippen LogP contribution in [0.4, 0.5) is 5.69 Å². The van der Waals surface area contributed by atoms with Crippen molar-refractivity contribution in [2.24, 2.45) is 0 Å². The third-order valence-electron chi connectivity index (χ3n) is 3.71. The number of methoxy groups -OCH3 is 1. The topological polar surface area (TPSA) is 64.3 Å². The van der Waals surface area contributed by atoms with Crippen molar-refractivity contribution in [3.05, 3.63) is 29.8 Å². The van der Waals surface area contributed by atoms with Crippen LogP contribution in [0.25, 0.3) is 0 Å². The first-order chi connectivity index (χ1) is 9.19. The third kappa shape index (κ3) is 3.26. The van der Waals surface area contributed by atoms with Gasteiger partial charge in [-0.05, 0) is 43.4 Å². The maximum atomic E-state index is 12.3. The van der Waals surface area contributed by atoms with E-state index in [0.29, 0.717) is 0 Å². The van der Waals surface area contributed by atoms with Crippen LogP contribution in [0, 0.1) is 0 Å². The van der Waals surface area contributed by atoms with Crippen LogP contribution in [0.5, 0.6) is 0 Å². The zero-order chi connectivity index (χ0) is 13.7. The number of hydrogen-bond acceptors (Lipinski definition) is 3. The number of nitrogens with two attached hydrogens (primary N) is 1. The van der Waals surface area contributed by atoms with Crippen LogP contribution in [-0.2, 0) is 14.9 Å². The zero-order valence-electron chi connectivity index (χ0n) is 11.4. The third-order valence-corrected chi connectivity index (χ3v) is 3.71. The molecule has 3 N–H and O–H groups in total. The van der Waals surface area contributed by atoms with Crippen molar-refractivity contribution in [3.63, 3.8) is 0 Å². The van der Waals surface area contributed by atoms with Crippen molar-refractivity contribution < 1.29 is 9.53 Å². The van der Waals surface area contributed by atoms with Crippen LogP contribution in [0.2, 0.25) is 0 Å². The van der Waals surface area contributed by atoms with Gasteiger partial charge >= 0.3 is 0 Å². The van der Waals surface area contributed by atoms with E-state index >= 15 is 0 Å². The lowest BCUT2D eigenvalue weighted by atomic mass is 9.94. The SMILES string of the molecule is COCCCCNC(=O)C1(c2ccc(N)cc2)CC1. The molecule has 4 nitrogen and oxygen atoms in total. The summed E-state index contributed by atoms with van der Waals surface area (Å²) >= 11 is 0. The van der Waals surface area contributed by atoms with Gasteiger partial charge in [-0.25, -0.2) is 0 Å². The molecule has 0 spiro atoms. The number of rotatable bonds is 7. The standard InChI is InChI=1S/C15H22N2O2/c1-19-11-3-2-10-17-14(18)15(8-9-15)12-4-6-13(16)7-5-12/h4-7H,2-3,8-11,16H2,1H3,(H,17,18). The van der Waals surface area contributed by atoms with E-state index in [1.165, 1.54) is 0 Å². The fourth-order valence-corrected chi connectivity index (χ4v) is 2.32. The largest absolute Gasteiger partial charge is 0.399 e. The molecular formula is C15H22N2O2. The quantitative estimate of drug-likeness (QED) is 0.582. The number of benzene rings is 1. The molecule has 0 heterocycles. The van der Waals surface area contributed by atoms with Gasteiger partial charge < -0.3 is 15.8 Å². The van der Waals surface area contributed by atoms with Crippen LogP contribution in [0.15, 0.2) is 24.3 Å². The lowest BCUT2D eigenvalue weighted by Crippen LogP contribution is -2.35. The van der Waals surface area contributed by atoms with Gasteiger partial charge in [0.1, 0.15) is 0 Å². The van der Waals surface area contributed by atoms with Crippen molar-refractivity contribution >= 4 is 11.6 Å². The number of ether oxygens (including phenoxy) is 1. The molecule has 1 aliphatic rings. The minimum atomic E-state index is -0.297. The molecule has 0 aromatic heterocycles. The second kappa shape index (κ2) is 6.06. The van der Waals surface area contributed by atoms with Crippen molar-refractivity contribution in [1.82, 2.24) is 5.32 Å². The van der Waals surface area contributed by atoms with Gasteiger partial charge in [0.15, 0.2) is 0 Å². The fraction of sp³-hybridized carbons (Fsp3) is 0.533.